The van der Waals surface area contributed by atoms with E-state index in [0.717, 1.165) is 0 Å². The Morgan fingerprint density at radius 3 is 2.75 bits per heavy atom. The van der Waals surface area contributed by atoms with Gasteiger partial charge in [-0.2, -0.15) is 0 Å². The van der Waals surface area contributed by atoms with Gasteiger partial charge in [-0.15, -0.1) is 0 Å². The zero-order valence-corrected chi connectivity index (χ0v) is 5.14. The standard InChI is InChI=1S/C7H13O/c8-6-7-4-2-1-3-5-7/h4,7-8H,1-3,5-6H2. The van der Waals surface area contributed by atoms with E-state index in [2.05, 4.69) is 6.42 Å². The van der Waals surface area contributed by atoms with Crippen molar-refractivity contribution >= 4 is 0 Å². The Bertz CT molecular complexity index is 55.4. The van der Waals surface area contributed by atoms with Crippen LogP contribution in [0.2, 0.25) is 0 Å². The molecule has 0 aromatic heterocycles. The smallest absolute Gasteiger partial charge is 0.0462 e. The molecule has 0 heterocycles. The molecule has 1 N–H and O–H groups in total. The molecule has 8 heavy (non-hydrogen) atoms. The van der Waals surface area contributed by atoms with Gasteiger partial charge in [0.1, 0.15) is 0 Å². The van der Waals surface area contributed by atoms with Crippen molar-refractivity contribution in [3.8, 4) is 0 Å². The third kappa shape index (κ3) is 1.48. The first-order valence-electron chi connectivity index (χ1n) is 3.37. The largest absolute Gasteiger partial charge is 0.396 e. The fourth-order valence-corrected chi connectivity index (χ4v) is 1.19. The summed E-state index contributed by atoms with van der Waals surface area (Å²) < 4.78 is 0. The van der Waals surface area contributed by atoms with Crippen molar-refractivity contribution in [1.82, 2.24) is 0 Å². The number of hydrogen-bond acceptors (Lipinski definition) is 1. The average Bonchev–Trinajstić information content (AvgIpc) is 1.90. The first-order chi connectivity index (χ1) is 3.93. The maximum atomic E-state index is 8.66. The number of rotatable bonds is 1. The van der Waals surface area contributed by atoms with Crippen LogP contribution >= 0.6 is 0 Å². The van der Waals surface area contributed by atoms with Crippen molar-refractivity contribution in [3.05, 3.63) is 6.42 Å². The van der Waals surface area contributed by atoms with Crippen LogP contribution < -0.4 is 0 Å². The normalized spacial score (nSPS) is 23.6. The maximum absolute atomic E-state index is 8.66. The highest BCUT2D eigenvalue weighted by Crippen LogP contribution is 2.21. The molecule has 0 bridgehead atoms. The van der Waals surface area contributed by atoms with Crippen LogP contribution in [0.3, 0.4) is 0 Å². The van der Waals surface area contributed by atoms with Crippen LogP contribution in [0.25, 0.3) is 0 Å². The highest BCUT2D eigenvalue weighted by atomic mass is 16.3. The first kappa shape index (κ1) is 6.09. The Hall–Kier alpha value is -0.0400. The van der Waals surface area contributed by atoms with Crippen LogP contribution in [0.4, 0.5) is 0 Å². The van der Waals surface area contributed by atoms with E-state index in [1.165, 1.54) is 25.7 Å². The lowest BCUT2D eigenvalue weighted by Gasteiger charge is -2.17. The van der Waals surface area contributed by atoms with Gasteiger partial charge in [-0.05, 0) is 25.2 Å². The molecule has 0 spiro atoms. The Morgan fingerprint density at radius 2 is 2.38 bits per heavy atom. The lowest BCUT2D eigenvalue weighted by molar-refractivity contribution is 0.222. The van der Waals surface area contributed by atoms with E-state index in [-0.39, 0.29) is 0 Å². The van der Waals surface area contributed by atoms with E-state index >= 15 is 0 Å². The molecule has 1 nitrogen and oxygen atoms in total. The monoisotopic (exact) mass is 113 g/mol. The molecule has 0 aliphatic heterocycles. The summed E-state index contributed by atoms with van der Waals surface area (Å²) >= 11 is 0. The molecule has 1 unspecified atom stereocenters. The zero-order chi connectivity index (χ0) is 5.82. The summed E-state index contributed by atoms with van der Waals surface area (Å²) in [5.41, 5.74) is 0. The fraction of sp³-hybridized carbons (Fsp3) is 0.857. The Morgan fingerprint density at radius 1 is 1.50 bits per heavy atom. The summed E-state index contributed by atoms with van der Waals surface area (Å²) in [6.07, 6.45) is 7.30. The van der Waals surface area contributed by atoms with Gasteiger partial charge >= 0.3 is 0 Å². The molecule has 1 aliphatic rings. The third-order valence-corrected chi connectivity index (χ3v) is 1.76. The predicted octanol–water partition coefficient (Wildman–Crippen LogP) is 1.37. The minimum Gasteiger partial charge on any atom is -0.396 e. The zero-order valence-electron chi connectivity index (χ0n) is 5.14. The van der Waals surface area contributed by atoms with Gasteiger partial charge in [0.2, 0.25) is 0 Å². The molecule has 0 aromatic carbocycles. The van der Waals surface area contributed by atoms with Gasteiger partial charge in [-0.3, -0.25) is 0 Å². The molecular weight excluding hydrogens is 100 g/mol. The summed E-state index contributed by atoms with van der Waals surface area (Å²) in [4.78, 5) is 0. The van der Waals surface area contributed by atoms with E-state index in [1.807, 2.05) is 0 Å². The molecular formula is C7H13O. The van der Waals surface area contributed by atoms with Crippen LogP contribution in [0.5, 0.6) is 0 Å². The van der Waals surface area contributed by atoms with Crippen molar-refractivity contribution in [2.45, 2.75) is 25.7 Å². The van der Waals surface area contributed by atoms with Crippen molar-refractivity contribution in [3.63, 3.8) is 0 Å². The molecule has 1 rings (SSSR count). The predicted molar refractivity (Wildman–Crippen MR) is 33.3 cm³/mol. The third-order valence-electron chi connectivity index (χ3n) is 1.76. The SMILES string of the molecule is OCC1[CH]CCCC1. The molecule has 1 radical (unpaired) electrons. The van der Waals surface area contributed by atoms with Crippen LogP contribution in [-0.4, -0.2) is 11.7 Å². The number of aliphatic hydroxyl groups excluding tert-OH is 1. The quantitative estimate of drug-likeness (QED) is 0.544. The van der Waals surface area contributed by atoms with Gasteiger partial charge in [0.05, 0.1) is 0 Å². The second-order valence-corrected chi connectivity index (χ2v) is 2.46. The molecule has 1 atom stereocenters. The van der Waals surface area contributed by atoms with E-state index in [1.54, 1.807) is 0 Å². The fourth-order valence-electron chi connectivity index (χ4n) is 1.19. The number of hydrogen-bond donors (Lipinski definition) is 1. The van der Waals surface area contributed by atoms with Crippen LogP contribution in [0.15, 0.2) is 0 Å². The van der Waals surface area contributed by atoms with Gasteiger partial charge in [0.15, 0.2) is 0 Å². The van der Waals surface area contributed by atoms with Crippen LogP contribution in [-0.2, 0) is 0 Å². The molecule has 1 aliphatic carbocycles. The molecule has 0 saturated heterocycles. The first-order valence-corrected chi connectivity index (χ1v) is 3.37. The molecule has 1 heteroatoms. The van der Waals surface area contributed by atoms with Crippen LogP contribution in [0, 0.1) is 12.3 Å². The summed E-state index contributed by atoms with van der Waals surface area (Å²) in [6, 6.07) is 0. The van der Waals surface area contributed by atoms with Gasteiger partial charge in [-0.1, -0.05) is 12.8 Å². The summed E-state index contributed by atoms with van der Waals surface area (Å²) in [6.45, 7) is 0.361. The highest BCUT2D eigenvalue weighted by Gasteiger charge is 2.10. The van der Waals surface area contributed by atoms with E-state index in [4.69, 9.17) is 5.11 Å². The van der Waals surface area contributed by atoms with E-state index < -0.39 is 0 Å². The van der Waals surface area contributed by atoms with Crippen LogP contribution in [0.1, 0.15) is 25.7 Å². The van der Waals surface area contributed by atoms with Gasteiger partial charge in [-0.25, -0.2) is 0 Å². The molecule has 1 fully saturated rings. The van der Waals surface area contributed by atoms with E-state index in [0.29, 0.717) is 12.5 Å². The minimum atomic E-state index is 0.361. The molecule has 1 saturated carbocycles. The summed E-state index contributed by atoms with van der Waals surface area (Å²) in [5, 5.41) is 8.66. The van der Waals surface area contributed by atoms with Gasteiger partial charge in [0, 0.05) is 6.61 Å². The lowest BCUT2D eigenvalue weighted by atomic mass is 9.90. The second kappa shape index (κ2) is 3.08. The number of aliphatic hydroxyl groups is 1. The minimum absolute atomic E-state index is 0.361. The van der Waals surface area contributed by atoms with Gasteiger partial charge in [0.25, 0.3) is 0 Å². The van der Waals surface area contributed by atoms with Crippen molar-refractivity contribution < 1.29 is 5.11 Å². The second-order valence-electron chi connectivity index (χ2n) is 2.46. The van der Waals surface area contributed by atoms with E-state index in [9.17, 15) is 0 Å². The lowest BCUT2D eigenvalue weighted by Crippen LogP contribution is -2.10. The molecule has 0 aromatic rings. The van der Waals surface area contributed by atoms with Crippen molar-refractivity contribution in [2.24, 2.45) is 5.92 Å². The maximum Gasteiger partial charge on any atom is 0.0462 e. The summed E-state index contributed by atoms with van der Waals surface area (Å²) in [7, 11) is 0. The Kier molecular flexibility index (Phi) is 2.34. The topological polar surface area (TPSA) is 20.2 Å². The molecule has 47 valence electrons. The van der Waals surface area contributed by atoms with Crippen molar-refractivity contribution in [1.29, 1.82) is 0 Å². The Labute approximate surface area is 50.7 Å². The summed E-state index contributed by atoms with van der Waals surface area (Å²) in [5.74, 6) is 0.517. The van der Waals surface area contributed by atoms with Crippen molar-refractivity contribution in [2.75, 3.05) is 6.61 Å². The van der Waals surface area contributed by atoms with Gasteiger partial charge < -0.3 is 5.11 Å². The Balaban J connectivity index is 2.13. The highest BCUT2D eigenvalue weighted by molar-refractivity contribution is 4.79. The average molecular weight is 113 g/mol. The molecule has 0 amide bonds.